The number of carbonyl (C=O) groups is 1. The van der Waals surface area contributed by atoms with E-state index in [4.69, 9.17) is 6.42 Å². The quantitative estimate of drug-likeness (QED) is 0.837. The molecule has 2 nitrogen and oxygen atoms in total. The van der Waals surface area contributed by atoms with Gasteiger partial charge in [0.25, 0.3) is 0 Å². The molecule has 1 N–H and O–H groups in total. The van der Waals surface area contributed by atoms with E-state index < -0.39 is 0 Å². The smallest absolute Gasteiger partial charge is 0.225 e. The molecule has 0 unspecified atom stereocenters. The zero-order chi connectivity index (χ0) is 11.3. The normalized spacial score (nSPS) is 9.40. The number of nitrogens with one attached hydrogen (secondary N) is 1. The summed E-state index contributed by atoms with van der Waals surface area (Å²) in [5.74, 6) is 2.38. The highest BCUT2D eigenvalue weighted by Gasteiger charge is 2.04. The van der Waals surface area contributed by atoms with Crippen LogP contribution in [0.3, 0.4) is 0 Å². The van der Waals surface area contributed by atoms with E-state index in [0.29, 0.717) is 12.8 Å². The monoisotopic (exact) mass is 265 g/mol. The van der Waals surface area contributed by atoms with Gasteiger partial charge in [0, 0.05) is 17.3 Å². The van der Waals surface area contributed by atoms with Crippen LogP contribution >= 0.6 is 15.9 Å². The molecule has 1 amide bonds. The van der Waals surface area contributed by atoms with Gasteiger partial charge in [0.05, 0.1) is 5.69 Å². The second kappa shape index (κ2) is 5.57. The third-order valence-corrected chi connectivity index (χ3v) is 2.58. The molecule has 0 saturated carbocycles. The van der Waals surface area contributed by atoms with Crippen molar-refractivity contribution in [2.45, 2.75) is 19.8 Å². The van der Waals surface area contributed by atoms with Gasteiger partial charge in [-0.3, -0.25) is 4.79 Å². The summed E-state index contributed by atoms with van der Waals surface area (Å²) in [5, 5.41) is 2.80. The Morgan fingerprint density at radius 1 is 1.60 bits per heavy atom. The number of rotatable bonds is 3. The molecule has 0 aliphatic heterocycles. The molecule has 0 radical (unpaired) electrons. The number of terminal acetylenes is 1. The van der Waals surface area contributed by atoms with E-state index in [2.05, 4.69) is 27.2 Å². The van der Waals surface area contributed by atoms with Gasteiger partial charge in [-0.25, -0.2) is 0 Å². The van der Waals surface area contributed by atoms with Gasteiger partial charge in [-0.05, 0) is 40.5 Å². The lowest BCUT2D eigenvalue weighted by atomic mass is 10.2. The van der Waals surface area contributed by atoms with E-state index in [1.807, 2.05) is 25.1 Å². The fraction of sp³-hybridized carbons (Fsp3) is 0.250. The molecule has 0 heterocycles. The SMILES string of the molecule is C#CCCC(=O)Nc1cc(C)ccc1Br. The van der Waals surface area contributed by atoms with E-state index in [9.17, 15) is 4.79 Å². The summed E-state index contributed by atoms with van der Waals surface area (Å²) in [6.45, 7) is 1.98. The topological polar surface area (TPSA) is 29.1 Å². The summed E-state index contributed by atoms with van der Waals surface area (Å²) in [6, 6.07) is 5.80. The van der Waals surface area contributed by atoms with Crippen LogP contribution in [0, 0.1) is 19.3 Å². The molecule has 0 bridgehead atoms. The maximum atomic E-state index is 11.4. The van der Waals surface area contributed by atoms with Crippen LogP contribution in [0.2, 0.25) is 0 Å². The van der Waals surface area contributed by atoms with Crippen molar-refractivity contribution in [3.63, 3.8) is 0 Å². The maximum absolute atomic E-state index is 11.4. The first-order valence-electron chi connectivity index (χ1n) is 4.63. The van der Waals surface area contributed by atoms with Crippen LogP contribution in [-0.2, 0) is 4.79 Å². The average molecular weight is 266 g/mol. The molecule has 0 saturated heterocycles. The van der Waals surface area contributed by atoms with E-state index in [0.717, 1.165) is 15.7 Å². The van der Waals surface area contributed by atoms with Gasteiger partial charge < -0.3 is 5.32 Å². The number of benzene rings is 1. The first-order valence-corrected chi connectivity index (χ1v) is 5.42. The average Bonchev–Trinajstić information content (AvgIpc) is 2.20. The molecule has 0 atom stereocenters. The van der Waals surface area contributed by atoms with Gasteiger partial charge in [-0.2, -0.15) is 0 Å². The molecule has 1 aromatic rings. The summed E-state index contributed by atoms with van der Waals surface area (Å²) in [7, 11) is 0. The predicted molar refractivity (Wildman–Crippen MR) is 65.6 cm³/mol. The van der Waals surface area contributed by atoms with E-state index in [1.54, 1.807) is 0 Å². The minimum absolute atomic E-state index is 0.0562. The van der Waals surface area contributed by atoms with Gasteiger partial charge in [0.15, 0.2) is 0 Å². The Balaban J connectivity index is 2.68. The second-order valence-electron chi connectivity index (χ2n) is 3.24. The van der Waals surface area contributed by atoms with Crippen LogP contribution in [0.15, 0.2) is 22.7 Å². The van der Waals surface area contributed by atoms with Crippen LogP contribution in [0.4, 0.5) is 5.69 Å². The van der Waals surface area contributed by atoms with Gasteiger partial charge in [0.1, 0.15) is 0 Å². The molecular formula is C12H12BrNO. The summed E-state index contributed by atoms with van der Waals surface area (Å²) < 4.78 is 0.877. The maximum Gasteiger partial charge on any atom is 0.225 e. The largest absolute Gasteiger partial charge is 0.325 e. The zero-order valence-corrected chi connectivity index (χ0v) is 10.1. The molecule has 0 aliphatic carbocycles. The first-order chi connectivity index (χ1) is 7.13. The number of aryl methyl sites for hydroxylation is 1. The fourth-order valence-electron chi connectivity index (χ4n) is 1.13. The summed E-state index contributed by atoms with van der Waals surface area (Å²) >= 11 is 3.37. The number of amides is 1. The number of hydrogen-bond acceptors (Lipinski definition) is 1. The first kappa shape index (κ1) is 11.8. The molecule has 0 spiro atoms. The molecule has 15 heavy (non-hydrogen) atoms. The van der Waals surface area contributed by atoms with Crippen molar-refractivity contribution in [1.82, 2.24) is 0 Å². The number of carbonyl (C=O) groups excluding carboxylic acids is 1. The van der Waals surface area contributed by atoms with Crippen molar-refractivity contribution in [1.29, 1.82) is 0 Å². The lowest BCUT2D eigenvalue weighted by molar-refractivity contribution is -0.116. The minimum Gasteiger partial charge on any atom is -0.325 e. The van der Waals surface area contributed by atoms with E-state index in [1.165, 1.54) is 0 Å². The molecule has 3 heteroatoms. The third kappa shape index (κ3) is 3.77. The lowest BCUT2D eigenvalue weighted by Crippen LogP contribution is -2.11. The molecule has 1 aromatic carbocycles. The zero-order valence-electron chi connectivity index (χ0n) is 8.51. The Labute approximate surface area is 98.2 Å². The minimum atomic E-state index is -0.0562. The summed E-state index contributed by atoms with van der Waals surface area (Å²) in [4.78, 5) is 11.4. The molecule has 78 valence electrons. The predicted octanol–water partition coefficient (Wildman–Crippen LogP) is 3.11. The highest BCUT2D eigenvalue weighted by molar-refractivity contribution is 9.10. The fourth-order valence-corrected chi connectivity index (χ4v) is 1.48. The van der Waals surface area contributed by atoms with Crippen LogP contribution in [0.25, 0.3) is 0 Å². The summed E-state index contributed by atoms with van der Waals surface area (Å²) in [5.41, 5.74) is 1.89. The van der Waals surface area contributed by atoms with Crippen molar-refractivity contribution in [2.75, 3.05) is 5.32 Å². The second-order valence-corrected chi connectivity index (χ2v) is 4.09. The molecule has 1 rings (SSSR count). The van der Waals surface area contributed by atoms with Crippen LogP contribution in [-0.4, -0.2) is 5.91 Å². The molecule has 0 aliphatic rings. The van der Waals surface area contributed by atoms with Crippen molar-refractivity contribution in [3.05, 3.63) is 28.2 Å². The lowest BCUT2D eigenvalue weighted by Gasteiger charge is -2.07. The van der Waals surface area contributed by atoms with Crippen molar-refractivity contribution in [3.8, 4) is 12.3 Å². The van der Waals surface area contributed by atoms with Crippen molar-refractivity contribution >= 4 is 27.5 Å². The van der Waals surface area contributed by atoms with Crippen LogP contribution in [0.5, 0.6) is 0 Å². The highest BCUT2D eigenvalue weighted by atomic mass is 79.9. The Morgan fingerprint density at radius 3 is 3.00 bits per heavy atom. The Kier molecular flexibility index (Phi) is 4.38. The van der Waals surface area contributed by atoms with Gasteiger partial charge >= 0.3 is 0 Å². The van der Waals surface area contributed by atoms with Crippen LogP contribution < -0.4 is 5.32 Å². The summed E-state index contributed by atoms with van der Waals surface area (Å²) in [6.07, 6.45) is 5.91. The number of hydrogen-bond donors (Lipinski definition) is 1. The Bertz CT molecular complexity index is 407. The van der Waals surface area contributed by atoms with Gasteiger partial charge in [-0.15, -0.1) is 12.3 Å². The van der Waals surface area contributed by atoms with E-state index in [-0.39, 0.29) is 5.91 Å². The van der Waals surface area contributed by atoms with E-state index >= 15 is 0 Å². The Hall–Kier alpha value is -1.27. The van der Waals surface area contributed by atoms with Crippen molar-refractivity contribution in [2.24, 2.45) is 0 Å². The standard InChI is InChI=1S/C12H12BrNO/c1-3-4-5-12(15)14-11-8-9(2)6-7-10(11)13/h1,6-8H,4-5H2,2H3,(H,14,15). The molecule has 0 fully saturated rings. The third-order valence-electron chi connectivity index (χ3n) is 1.89. The highest BCUT2D eigenvalue weighted by Crippen LogP contribution is 2.23. The van der Waals surface area contributed by atoms with Gasteiger partial charge in [-0.1, -0.05) is 6.07 Å². The number of anilines is 1. The number of halogens is 1. The van der Waals surface area contributed by atoms with Gasteiger partial charge in [0.2, 0.25) is 5.91 Å². The molecular weight excluding hydrogens is 254 g/mol. The van der Waals surface area contributed by atoms with Crippen LogP contribution in [0.1, 0.15) is 18.4 Å². The Morgan fingerprint density at radius 2 is 2.33 bits per heavy atom. The van der Waals surface area contributed by atoms with Crippen molar-refractivity contribution < 1.29 is 4.79 Å². The molecule has 0 aromatic heterocycles.